The number of rotatable bonds is 4. The SMILES string of the molecule is Nc1ccc(-c2ccc(-c3nc(-c4ccccc4)nc(-c4ccc5c(c4)C4(c6ccccc6Oc6ccccc64)c4ccccc4-5)n3)cc2)cc1. The van der Waals surface area contributed by atoms with E-state index in [2.05, 4.69) is 103 Å². The van der Waals surface area contributed by atoms with Gasteiger partial charge < -0.3 is 10.5 Å². The molecule has 8 aromatic rings. The summed E-state index contributed by atoms with van der Waals surface area (Å²) in [4.78, 5) is 15.3. The molecular weight excluding hydrogens is 625 g/mol. The molecule has 7 aromatic carbocycles. The summed E-state index contributed by atoms with van der Waals surface area (Å²) in [5.74, 6) is 3.58. The summed E-state index contributed by atoms with van der Waals surface area (Å²) in [7, 11) is 0. The van der Waals surface area contributed by atoms with Gasteiger partial charge in [-0.05, 0) is 63.7 Å². The monoisotopic (exact) mass is 654 g/mol. The summed E-state index contributed by atoms with van der Waals surface area (Å²) < 4.78 is 6.54. The second-order valence-electron chi connectivity index (χ2n) is 13.0. The molecule has 0 radical (unpaired) electrons. The Morgan fingerprint density at radius 2 is 0.824 bits per heavy atom. The van der Waals surface area contributed by atoms with Gasteiger partial charge in [-0.25, -0.2) is 15.0 Å². The van der Waals surface area contributed by atoms with Gasteiger partial charge in [0.2, 0.25) is 0 Å². The molecule has 1 aliphatic heterocycles. The number of aromatic nitrogens is 3. The number of nitrogens with zero attached hydrogens (tertiary/aromatic N) is 3. The molecule has 1 aromatic heterocycles. The Morgan fingerprint density at radius 3 is 1.47 bits per heavy atom. The Hall–Kier alpha value is -6.85. The van der Waals surface area contributed by atoms with Crippen LogP contribution in [0, 0.1) is 0 Å². The quantitative estimate of drug-likeness (QED) is 0.191. The Morgan fingerprint density at radius 1 is 0.373 bits per heavy atom. The highest BCUT2D eigenvalue weighted by Crippen LogP contribution is 2.62. The second kappa shape index (κ2) is 11.4. The number of hydrogen-bond donors (Lipinski definition) is 1. The van der Waals surface area contributed by atoms with Crippen LogP contribution in [-0.2, 0) is 5.41 Å². The topological polar surface area (TPSA) is 73.9 Å². The van der Waals surface area contributed by atoms with Crippen molar-refractivity contribution in [2.45, 2.75) is 5.41 Å². The minimum atomic E-state index is -0.580. The molecule has 1 spiro atoms. The summed E-state index contributed by atoms with van der Waals surface area (Å²) in [5, 5.41) is 0. The summed E-state index contributed by atoms with van der Waals surface area (Å²) in [6, 6.07) is 58.6. The van der Waals surface area contributed by atoms with Crippen LogP contribution < -0.4 is 10.5 Å². The fourth-order valence-electron chi connectivity index (χ4n) is 7.83. The van der Waals surface area contributed by atoms with Crippen molar-refractivity contribution in [1.29, 1.82) is 0 Å². The minimum absolute atomic E-state index is 0.580. The van der Waals surface area contributed by atoms with Gasteiger partial charge in [-0.1, -0.05) is 140 Å². The van der Waals surface area contributed by atoms with Crippen LogP contribution >= 0.6 is 0 Å². The molecular formula is C46H30N4O. The van der Waals surface area contributed by atoms with Crippen molar-refractivity contribution in [2.75, 3.05) is 5.73 Å². The lowest BCUT2D eigenvalue weighted by Crippen LogP contribution is -2.32. The average Bonchev–Trinajstić information content (AvgIpc) is 3.48. The molecule has 2 heterocycles. The van der Waals surface area contributed by atoms with Gasteiger partial charge in [-0.3, -0.25) is 0 Å². The van der Waals surface area contributed by atoms with Gasteiger partial charge in [0.05, 0.1) is 5.41 Å². The highest BCUT2D eigenvalue weighted by atomic mass is 16.5. The molecule has 51 heavy (non-hydrogen) atoms. The molecule has 0 unspecified atom stereocenters. The van der Waals surface area contributed by atoms with E-state index in [0.29, 0.717) is 17.5 Å². The molecule has 2 aliphatic rings. The van der Waals surface area contributed by atoms with Crippen molar-refractivity contribution in [2.24, 2.45) is 0 Å². The number of benzene rings is 7. The van der Waals surface area contributed by atoms with Crippen LogP contribution in [0.15, 0.2) is 170 Å². The van der Waals surface area contributed by atoms with Crippen molar-refractivity contribution in [3.05, 3.63) is 192 Å². The maximum absolute atomic E-state index is 6.54. The molecule has 0 fully saturated rings. The van der Waals surface area contributed by atoms with Crippen LogP contribution in [0.5, 0.6) is 11.5 Å². The first kappa shape index (κ1) is 29.1. The van der Waals surface area contributed by atoms with E-state index in [1.807, 2.05) is 66.7 Å². The second-order valence-corrected chi connectivity index (χ2v) is 13.0. The van der Waals surface area contributed by atoms with Gasteiger partial charge in [0.15, 0.2) is 17.5 Å². The molecule has 2 N–H and O–H groups in total. The van der Waals surface area contributed by atoms with Crippen molar-refractivity contribution in [3.63, 3.8) is 0 Å². The molecule has 1 aliphatic carbocycles. The number of hydrogen-bond acceptors (Lipinski definition) is 5. The van der Waals surface area contributed by atoms with E-state index in [1.54, 1.807) is 0 Å². The zero-order valence-corrected chi connectivity index (χ0v) is 27.5. The number of ether oxygens (including phenoxy) is 1. The number of nitrogen functional groups attached to an aromatic ring is 1. The zero-order valence-electron chi connectivity index (χ0n) is 27.5. The fraction of sp³-hybridized carbons (Fsp3) is 0.0217. The molecule has 5 heteroatoms. The summed E-state index contributed by atoms with van der Waals surface area (Å²) in [6.45, 7) is 0. The molecule has 0 bridgehead atoms. The lowest BCUT2D eigenvalue weighted by Gasteiger charge is -2.39. The summed E-state index contributed by atoms with van der Waals surface area (Å²) >= 11 is 0. The molecule has 0 saturated heterocycles. The van der Waals surface area contributed by atoms with Crippen molar-refractivity contribution in [3.8, 4) is 67.9 Å². The third-order valence-electron chi connectivity index (χ3n) is 10.2. The predicted molar refractivity (Wildman–Crippen MR) is 203 cm³/mol. The van der Waals surface area contributed by atoms with Gasteiger partial charge in [0.25, 0.3) is 0 Å². The highest BCUT2D eigenvalue weighted by molar-refractivity contribution is 5.90. The molecule has 0 saturated carbocycles. The van der Waals surface area contributed by atoms with E-state index < -0.39 is 5.41 Å². The minimum Gasteiger partial charge on any atom is -0.457 e. The molecule has 0 amide bonds. The molecule has 240 valence electrons. The van der Waals surface area contributed by atoms with Crippen molar-refractivity contribution in [1.82, 2.24) is 15.0 Å². The van der Waals surface area contributed by atoms with Crippen molar-refractivity contribution >= 4 is 5.69 Å². The average molecular weight is 655 g/mol. The van der Waals surface area contributed by atoms with Gasteiger partial charge in [0.1, 0.15) is 11.5 Å². The van der Waals surface area contributed by atoms with E-state index in [4.69, 9.17) is 25.4 Å². The van der Waals surface area contributed by atoms with Gasteiger partial charge in [-0.15, -0.1) is 0 Å². The fourth-order valence-corrected chi connectivity index (χ4v) is 7.83. The lowest BCUT2D eigenvalue weighted by atomic mass is 9.66. The Kier molecular flexibility index (Phi) is 6.48. The number of anilines is 1. The number of nitrogens with two attached hydrogens (primary N) is 1. The first-order chi connectivity index (χ1) is 25.2. The Bertz CT molecular complexity index is 2570. The van der Waals surface area contributed by atoms with E-state index in [-0.39, 0.29) is 0 Å². The van der Waals surface area contributed by atoms with Gasteiger partial charge in [0, 0.05) is 33.5 Å². The molecule has 10 rings (SSSR count). The van der Waals surface area contributed by atoms with Crippen molar-refractivity contribution < 1.29 is 4.74 Å². The first-order valence-electron chi connectivity index (χ1n) is 17.1. The van der Waals surface area contributed by atoms with Gasteiger partial charge in [-0.2, -0.15) is 0 Å². The van der Waals surface area contributed by atoms with E-state index in [0.717, 1.165) is 56.1 Å². The smallest absolute Gasteiger partial charge is 0.164 e. The predicted octanol–water partition coefficient (Wildman–Crippen LogP) is 10.6. The lowest BCUT2D eigenvalue weighted by molar-refractivity contribution is 0.436. The van der Waals surface area contributed by atoms with E-state index >= 15 is 0 Å². The van der Waals surface area contributed by atoms with E-state index in [9.17, 15) is 0 Å². The largest absolute Gasteiger partial charge is 0.457 e. The molecule has 0 atom stereocenters. The third-order valence-corrected chi connectivity index (χ3v) is 10.2. The first-order valence-corrected chi connectivity index (χ1v) is 17.1. The van der Waals surface area contributed by atoms with Crippen LogP contribution in [0.25, 0.3) is 56.4 Å². The molecule has 5 nitrogen and oxygen atoms in total. The standard InChI is InChI=1S/C46H30N4O/c47-34-25-22-30(23-26-34)29-18-20-32(21-19-29)44-48-43(31-10-2-1-3-11-31)49-45(50-44)33-24-27-36-35-12-4-5-13-37(35)46(40(36)28-33)38-14-6-8-16-41(38)51-42-17-9-7-15-39(42)46/h1-28H,47H2. The van der Waals surface area contributed by atoms with Crippen LogP contribution in [0.2, 0.25) is 0 Å². The van der Waals surface area contributed by atoms with Crippen LogP contribution in [0.4, 0.5) is 5.69 Å². The number of para-hydroxylation sites is 2. The summed E-state index contributed by atoms with van der Waals surface area (Å²) in [5.41, 5.74) is 18.1. The van der Waals surface area contributed by atoms with Crippen LogP contribution in [-0.4, -0.2) is 15.0 Å². The maximum Gasteiger partial charge on any atom is 0.164 e. The van der Waals surface area contributed by atoms with Crippen LogP contribution in [0.3, 0.4) is 0 Å². The maximum atomic E-state index is 6.54. The third kappa shape index (κ3) is 4.52. The van der Waals surface area contributed by atoms with E-state index in [1.165, 1.54) is 22.3 Å². The van der Waals surface area contributed by atoms with Gasteiger partial charge >= 0.3 is 0 Å². The number of fused-ring (bicyclic) bond motifs is 9. The Balaban J connectivity index is 1.18. The zero-order chi connectivity index (χ0) is 33.9. The Labute approximate surface area is 295 Å². The highest BCUT2D eigenvalue weighted by Gasteiger charge is 2.51. The normalized spacial score (nSPS) is 13.1. The summed E-state index contributed by atoms with van der Waals surface area (Å²) in [6.07, 6.45) is 0. The van der Waals surface area contributed by atoms with Crippen LogP contribution in [0.1, 0.15) is 22.3 Å².